The third-order valence-corrected chi connectivity index (χ3v) is 5.76. The first-order valence-electron chi connectivity index (χ1n) is 9.56. The number of ether oxygens (including phenoxy) is 2. The van der Waals surface area contributed by atoms with E-state index in [9.17, 15) is 0 Å². The molecule has 0 amide bonds. The van der Waals surface area contributed by atoms with Crippen LogP contribution in [-0.4, -0.2) is 31.3 Å². The molecule has 0 radical (unpaired) electrons. The van der Waals surface area contributed by atoms with E-state index in [1.54, 1.807) is 25.4 Å². The molecule has 30 heavy (non-hydrogen) atoms. The molecule has 0 atom stereocenters. The average molecular weight is 443 g/mol. The summed E-state index contributed by atoms with van der Waals surface area (Å²) in [7, 11) is 1.61. The Morgan fingerprint density at radius 1 is 1.13 bits per heavy atom. The molecular formula is C22H20Cl2N4O2. The van der Waals surface area contributed by atoms with Gasteiger partial charge in [-0.1, -0.05) is 23.2 Å². The summed E-state index contributed by atoms with van der Waals surface area (Å²) in [5, 5.41) is 8.30. The highest BCUT2D eigenvalue weighted by atomic mass is 35.5. The maximum atomic E-state index is 7.57. The summed E-state index contributed by atoms with van der Waals surface area (Å²) < 4.78 is 11.8. The van der Waals surface area contributed by atoms with E-state index in [4.69, 9.17) is 39.2 Å². The molecule has 1 saturated heterocycles. The van der Waals surface area contributed by atoms with Gasteiger partial charge in [0, 0.05) is 23.3 Å². The zero-order valence-electron chi connectivity index (χ0n) is 16.3. The Morgan fingerprint density at radius 2 is 1.93 bits per heavy atom. The molecule has 0 unspecified atom stereocenters. The molecule has 1 aliphatic rings. The molecule has 2 aromatic carbocycles. The van der Waals surface area contributed by atoms with Crippen LogP contribution >= 0.6 is 23.2 Å². The second kappa shape index (κ2) is 8.97. The van der Waals surface area contributed by atoms with E-state index < -0.39 is 0 Å². The van der Waals surface area contributed by atoms with Crippen LogP contribution in [-0.2, 0) is 0 Å². The fourth-order valence-corrected chi connectivity index (χ4v) is 3.77. The Hall–Kier alpha value is -2.72. The summed E-state index contributed by atoms with van der Waals surface area (Å²) >= 11 is 12.2. The van der Waals surface area contributed by atoms with Crippen molar-refractivity contribution in [2.24, 2.45) is 0 Å². The van der Waals surface area contributed by atoms with Gasteiger partial charge in [-0.2, -0.15) is 0 Å². The maximum Gasteiger partial charge on any atom is 0.228 e. The second-order valence-electron chi connectivity index (χ2n) is 6.97. The third-order valence-electron chi connectivity index (χ3n) is 5.02. The highest BCUT2D eigenvalue weighted by Crippen LogP contribution is 2.41. The van der Waals surface area contributed by atoms with Gasteiger partial charge in [-0.15, -0.1) is 0 Å². The summed E-state index contributed by atoms with van der Waals surface area (Å²) in [4.78, 5) is 8.07. The number of benzene rings is 2. The molecule has 2 N–H and O–H groups in total. The van der Waals surface area contributed by atoms with E-state index in [1.807, 2.05) is 18.2 Å². The quantitative estimate of drug-likeness (QED) is 0.476. The molecule has 8 heteroatoms. The largest absolute Gasteiger partial charge is 0.493 e. The Labute approximate surface area is 184 Å². The summed E-state index contributed by atoms with van der Waals surface area (Å²) in [5.74, 6) is 1.25. The van der Waals surface area contributed by atoms with Crippen LogP contribution in [0.4, 0.5) is 17.1 Å². The van der Waals surface area contributed by atoms with E-state index in [0.717, 1.165) is 37.0 Å². The lowest BCUT2D eigenvalue weighted by Crippen LogP contribution is -2.34. The summed E-state index contributed by atoms with van der Waals surface area (Å²) in [5.41, 5.74) is 2.44. The Morgan fingerprint density at radius 3 is 2.63 bits per heavy atom. The number of anilines is 2. The molecule has 1 fully saturated rings. The van der Waals surface area contributed by atoms with Gasteiger partial charge >= 0.3 is 0 Å². The minimum atomic E-state index is 0.112. The van der Waals surface area contributed by atoms with E-state index in [1.165, 1.54) is 0 Å². The zero-order valence-corrected chi connectivity index (χ0v) is 17.8. The molecular weight excluding hydrogens is 423 g/mol. The molecule has 2 heterocycles. The van der Waals surface area contributed by atoms with Gasteiger partial charge in [0.05, 0.1) is 34.9 Å². The third kappa shape index (κ3) is 4.24. The number of nitrogens with zero attached hydrogens (tertiary/aromatic N) is 2. The smallest absolute Gasteiger partial charge is 0.228 e. The number of aromatic nitrogens is 1. The first-order valence-corrected chi connectivity index (χ1v) is 10.3. The fraction of sp³-hybridized carbons (Fsp3) is 0.273. The van der Waals surface area contributed by atoms with Gasteiger partial charge in [-0.25, -0.2) is 4.85 Å². The lowest BCUT2D eigenvalue weighted by atomic mass is 10.1. The number of rotatable bonds is 5. The van der Waals surface area contributed by atoms with Crippen molar-refractivity contribution in [2.75, 3.05) is 25.5 Å². The molecule has 0 saturated carbocycles. The van der Waals surface area contributed by atoms with Crippen molar-refractivity contribution in [3.63, 3.8) is 0 Å². The first kappa shape index (κ1) is 20.5. The van der Waals surface area contributed by atoms with Crippen LogP contribution < -0.4 is 20.1 Å². The van der Waals surface area contributed by atoms with Gasteiger partial charge in [-0.3, -0.25) is 4.98 Å². The average Bonchev–Trinajstić information content (AvgIpc) is 2.77. The zero-order chi connectivity index (χ0) is 21.1. The number of hydrogen-bond donors (Lipinski definition) is 2. The predicted molar refractivity (Wildman–Crippen MR) is 121 cm³/mol. The number of halogens is 2. The van der Waals surface area contributed by atoms with Crippen LogP contribution in [0.25, 0.3) is 15.7 Å². The highest BCUT2D eigenvalue weighted by molar-refractivity contribution is 6.42. The number of nitrogens with one attached hydrogen (secondary N) is 2. The summed E-state index contributed by atoms with van der Waals surface area (Å²) in [6, 6.07) is 8.96. The minimum absolute atomic E-state index is 0.112. The van der Waals surface area contributed by atoms with Crippen molar-refractivity contribution in [3.05, 3.63) is 58.0 Å². The van der Waals surface area contributed by atoms with Crippen LogP contribution in [0.1, 0.15) is 12.8 Å². The lowest BCUT2D eigenvalue weighted by molar-refractivity contribution is 0.157. The van der Waals surface area contributed by atoms with Crippen LogP contribution in [0.3, 0.4) is 0 Å². The highest BCUT2D eigenvalue weighted by Gasteiger charge is 2.19. The Bertz CT molecular complexity index is 1120. The number of fused-ring (bicyclic) bond motifs is 1. The molecule has 0 spiro atoms. The van der Waals surface area contributed by atoms with Crippen LogP contribution in [0.5, 0.6) is 11.5 Å². The van der Waals surface area contributed by atoms with Crippen molar-refractivity contribution in [2.45, 2.75) is 18.9 Å². The van der Waals surface area contributed by atoms with E-state index in [2.05, 4.69) is 20.5 Å². The fourth-order valence-electron chi connectivity index (χ4n) is 3.47. The van der Waals surface area contributed by atoms with Crippen molar-refractivity contribution in [3.8, 4) is 11.5 Å². The molecule has 154 valence electrons. The van der Waals surface area contributed by atoms with Crippen LogP contribution in [0.2, 0.25) is 10.0 Å². The van der Waals surface area contributed by atoms with Gasteiger partial charge in [-0.05, 0) is 50.2 Å². The summed E-state index contributed by atoms with van der Waals surface area (Å²) in [6.07, 6.45) is 3.51. The molecule has 6 nitrogen and oxygen atoms in total. The van der Waals surface area contributed by atoms with E-state index >= 15 is 0 Å². The number of hydrogen-bond acceptors (Lipinski definition) is 5. The van der Waals surface area contributed by atoms with Gasteiger partial charge < -0.3 is 20.1 Å². The predicted octanol–water partition coefficient (Wildman–Crippen LogP) is 5.98. The molecule has 0 aliphatic carbocycles. The topological polar surface area (TPSA) is 59.8 Å². The van der Waals surface area contributed by atoms with Gasteiger partial charge in [0.2, 0.25) is 5.69 Å². The Kier molecular flexibility index (Phi) is 6.14. The number of piperidine rings is 1. The first-order chi connectivity index (χ1) is 14.6. The van der Waals surface area contributed by atoms with Gasteiger partial charge in [0.1, 0.15) is 6.10 Å². The lowest BCUT2D eigenvalue weighted by Gasteiger charge is -2.25. The normalized spacial score (nSPS) is 14.3. The second-order valence-corrected chi connectivity index (χ2v) is 7.79. The standard InChI is InChI=1S/C22H20Cl2N4O2/c1-25-19-12-27-18-11-20(29-2)21(30-14-5-7-26-8-6-14)10-15(18)22(19)28-13-3-4-16(23)17(24)9-13/h3-4,9-12,14,26H,5-8H2,2H3,(H,27,28). The van der Waals surface area contributed by atoms with Gasteiger partial charge in [0.25, 0.3) is 0 Å². The van der Waals surface area contributed by atoms with Crippen LogP contribution in [0.15, 0.2) is 36.5 Å². The molecule has 3 aromatic rings. The molecule has 1 aliphatic heterocycles. The number of methoxy groups -OCH3 is 1. The monoisotopic (exact) mass is 442 g/mol. The van der Waals surface area contributed by atoms with E-state index in [-0.39, 0.29) is 6.10 Å². The van der Waals surface area contributed by atoms with Crippen molar-refractivity contribution in [1.29, 1.82) is 0 Å². The van der Waals surface area contributed by atoms with E-state index in [0.29, 0.717) is 38.4 Å². The SMILES string of the molecule is [C-]#[N+]c1cnc2cc(OC)c(OC3CCNCC3)cc2c1Nc1ccc(Cl)c(Cl)c1. The van der Waals surface area contributed by atoms with Crippen LogP contribution in [0, 0.1) is 6.57 Å². The molecule has 0 bridgehead atoms. The molecule has 1 aromatic heterocycles. The van der Waals surface area contributed by atoms with Crippen molar-refractivity contribution >= 4 is 51.2 Å². The maximum absolute atomic E-state index is 7.57. The Balaban J connectivity index is 1.79. The van der Waals surface area contributed by atoms with Crippen molar-refractivity contribution in [1.82, 2.24) is 10.3 Å². The summed E-state index contributed by atoms with van der Waals surface area (Å²) in [6.45, 7) is 9.42. The molecule has 4 rings (SSSR count). The minimum Gasteiger partial charge on any atom is -0.493 e. The number of pyridine rings is 1. The van der Waals surface area contributed by atoms with Gasteiger partial charge in [0.15, 0.2) is 11.5 Å². The van der Waals surface area contributed by atoms with Crippen molar-refractivity contribution < 1.29 is 9.47 Å².